The van der Waals surface area contributed by atoms with Gasteiger partial charge in [0.1, 0.15) is 5.75 Å². The Labute approximate surface area is 114 Å². The Bertz CT molecular complexity index is 389. The molecule has 0 aromatic heterocycles. The molecule has 1 fully saturated rings. The van der Waals surface area contributed by atoms with Crippen LogP contribution in [0.5, 0.6) is 5.75 Å². The third kappa shape index (κ3) is 3.61. The molecule has 1 saturated heterocycles. The average Bonchev–Trinajstić information content (AvgIpc) is 2.39. The first-order valence-electron chi connectivity index (χ1n) is 6.49. The molecule has 0 aliphatic carbocycles. The van der Waals surface area contributed by atoms with Gasteiger partial charge in [-0.1, -0.05) is 17.7 Å². The number of ether oxygens (including phenoxy) is 1. The Morgan fingerprint density at radius 1 is 1.39 bits per heavy atom. The molecule has 0 bridgehead atoms. The molecule has 1 aromatic carbocycles. The summed E-state index contributed by atoms with van der Waals surface area (Å²) in [6.45, 7) is 3.27. The zero-order chi connectivity index (χ0) is 13.0. The summed E-state index contributed by atoms with van der Waals surface area (Å²) in [5, 5.41) is 0.795. The van der Waals surface area contributed by atoms with Crippen LogP contribution in [0.15, 0.2) is 18.2 Å². The Balaban J connectivity index is 1.86. The van der Waals surface area contributed by atoms with E-state index in [9.17, 15) is 0 Å². The summed E-state index contributed by atoms with van der Waals surface area (Å²) in [7, 11) is 1.66. The van der Waals surface area contributed by atoms with Gasteiger partial charge in [-0.05, 0) is 50.0 Å². The van der Waals surface area contributed by atoms with Gasteiger partial charge in [0.2, 0.25) is 0 Å². The van der Waals surface area contributed by atoms with Crippen molar-refractivity contribution >= 4 is 11.6 Å². The van der Waals surface area contributed by atoms with Crippen molar-refractivity contribution in [1.82, 2.24) is 4.90 Å². The zero-order valence-electron chi connectivity index (χ0n) is 10.9. The minimum absolute atomic E-state index is 0.394. The molecular weight excluding hydrogens is 248 g/mol. The predicted molar refractivity (Wildman–Crippen MR) is 75.4 cm³/mol. The highest BCUT2D eigenvalue weighted by Crippen LogP contribution is 2.23. The van der Waals surface area contributed by atoms with Crippen molar-refractivity contribution in [2.24, 2.45) is 5.73 Å². The SMILES string of the molecule is COc1ccc(CCN2CCC(N)CC2)c(Cl)c1. The predicted octanol–water partition coefficient (Wildman–Crippen LogP) is 2.31. The lowest BCUT2D eigenvalue weighted by Crippen LogP contribution is -2.40. The van der Waals surface area contributed by atoms with Crippen molar-refractivity contribution in [1.29, 1.82) is 0 Å². The third-order valence-corrected chi connectivity index (χ3v) is 3.94. The van der Waals surface area contributed by atoms with Crippen LogP contribution in [0.1, 0.15) is 18.4 Å². The van der Waals surface area contributed by atoms with Crippen molar-refractivity contribution in [2.45, 2.75) is 25.3 Å². The minimum atomic E-state index is 0.394. The second-order valence-electron chi connectivity index (χ2n) is 4.89. The third-order valence-electron chi connectivity index (χ3n) is 3.59. The second-order valence-corrected chi connectivity index (χ2v) is 5.29. The highest BCUT2D eigenvalue weighted by Gasteiger charge is 2.15. The first-order chi connectivity index (χ1) is 8.69. The van der Waals surface area contributed by atoms with Gasteiger partial charge in [-0.3, -0.25) is 0 Å². The zero-order valence-corrected chi connectivity index (χ0v) is 11.6. The normalized spacial score (nSPS) is 17.9. The topological polar surface area (TPSA) is 38.5 Å². The van der Waals surface area contributed by atoms with Crippen LogP contribution in [0.4, 0.5) is 0 Å². The van der Waals surface area contributed by atoms with Gasteiger partial charge in [0, 0.05) is 17.6 Å². The van der Waals surface area contributed by atoms with E-state index in [4.69, 9.17) is 22.1 Å². The second kappa shape index (κ2) is 6.41. The summed E-state index contributed by atoms with van der Waals surface area (Å²) in [6.07, 6.45) is 3.20. The molecule has 1 heterocycles. The quantitative estimate of drug-likeness (QED) is 0.911. The van der Waals surface area contributed by atoms with Crippen molar-refractivity contribution in [3.8, 4) is 5.75 Å². The lowest BCUT2D eigenvalue weighted by molar-refractivity contribution is 0.215. The molecule has 1 aromatic rings. The van der Waals surface area contributed by atoms with E-state index < -0.39 is 0 Å². The van der Waals surface area contributed by atoms with Crippen LogP contribution in [-0.4, -0.2) is 37.7 Å². The van der Waals surface area contributed by atoms with Gasteiger partial charge in [0.15, 0.2) is 0 Å². The van der Waals surface area contributed by atoms with E-state index in [1.165, 1.54) is 5.56 Å². The number of halogens is 1. The van der Waals surface area contributed by atoms with Gasteiger partial charge in [-0.2, -0.15) is 0 Å². The summed E-state index contributed by atoms with van der Waals surface area (Å²) >= 11 is 6.23. The molecule has 100 valence electrons. The summed E-state index contributed by atoms with van der Waals surface area (Å²) in [5.41, 5.74) is 7.09. The lowest BCUT2D eigenvalue weighted by Gasteiger charge is -2.30. The molecule has 18 heavy (non-hydrogen) atoms. The van der Waals surface area contributed by atoms with Crippen molar-refractivity contribution < 1.29 is 4.74 Å². The molecule has 0 saturated carbocycles. The van der Waals surface area contributed by atoms with Gasteiger partial charge in [0.25, 0.3) is 0 Å². The highest BCUT2D eigenvalue weighted by atomic mass is 35.5. The Hall–Kier alpha value is -0.770. The van der Waals surface area contributed by atoms with Crippen molar-refractivity contribution in [3.05, 3.63) is 28.8 Å². The summed E-state index contributed by atoms with van der Waals surface area (Å²) in [6, 6.07) is 6.29. The lowest BCUT2D eigenvalue weighted by atomic mass is 10.1. The van der Waals surface area contributed by atoms with Gasteiger partial charge in [-0.25, -0.2) is 0 Å². The first kappa shape index (κ1) is 13.7. The van der Waals surface area contributed by atoms with E-state index in [-0.39, 0.29) is 0 Å². The van der Waals surface area contributed by atoms with Crippen molar-refractivity contribution in [2.75, 3.05) is 26.7 Å². The fourth-order valence-electron chi connectivity index (χ4n) is 2.31. The van der Waals surface area contributed by atoms with Crippen LogP contribution < -0.4 is 10.5 Å². The fraction of sp³-hybridized carbons (Fsp3) is 0.571. The van der Waals surface area contributed by atoms with Crippen LogP contribution in [0.2, 0.25) is 5.02 Å². The van der Waals surface area contributed by atoms with E-state index >= 15 is 0 Å². The molecule has 0 spiro atoms. The Morgan fingerprint density at radius 2 is 2.11 bits per heavy atom. The molecule has 1 aliphatic heterocycles. The molecule has 0 unspecified atom stereocenters. The molecule has 3 nitrogen and oxygen atoms in total. The van der Waals surface area contributed by atoms with Gasteiger partial charge in [0.05, 0.1) is 7.11 Å². The highest BCUT2D eigenvalue weighted by molar-refractivity contribution is 6.31. The average molecular weight is 269 g/mol. The van der Waals surface area contributed by atoms with Gasteiger partial charge < -0.3 is 15.4 Å². The number of rotatable bonds is 4. The number of nitrogens with two attached hydrogens (primary N) is 1. The van der Waals surface area contributed by atoms with E-state index in [0.717, 1.165) is 49.7 Å². The number of piperidine rings is 1. The maximum Gasteiger partial charge on any atom is 0.120 e. The molecule has 0 atom stereocenters. The first-order valence-corrected chi connectivity index (χ1v) is 6.87. The molecule has 2 rings (SSSR count). The van der Waals surface area contributed by atoms with Crippen LogP contribution in [0.3, 0.4) is 0 Å². The monoisotopic (exact) mass is 268 g/mol. The maximum atomic E-state index is 6.23. The van der Waals surface area contributed by atoms with E-state index in [1.807, 2.05) is 12.1 Å². The molecule has 0 amide bonds. The van der Waals surface area contributed by atoms with E-state index in [1.54, 1.807) is 7.11 Å². The molecular formula is C14H21ClN2O. The van der Waals surface area contributed by atoms with E-state index in [0.29, 0.717) is 6.04 Å². The maximum absolute atomic E-state index is 6.23. The number of benzene rings is 1. The Kier molecular flexibility index (Phi) is 4.87. The molecule has 2 N–H and O–H groups in total. The largest absolute Gasteiger partial charge is 0.497 e. The van der Waals surface area contributed by atoms with Crippen LogP contribution in [0.25, 0.3) is 0 Å². The fourth-order valence-corrected chi connectivity index (χ4v) is 2.58. The number of methoxy groups -OCH3 is 1. The van der Waals surface area contributed by atoms with Gasteiger partial charge >= 0.3 is 0 Å². The molecule has 1 aliphatic rings. The minimum Gasteiger partial charge on any atom is -0.497 e. The summed E-state index contributed by atoms with van der Waals surface area (Å²) in [4.78, 5) is 2.46. The van der Waals surface area contributed by atoms with Crippen LogP contribution in [-0.2, 0) is 6.42 Å². The van der Waals surface area contributed by atoms with Crippen molar-refractivity contribution in [3.63, 3.8) is 0 Å². The number of nitrogens with zero attached hydrogens (tertiary/aromatic N) is 1. The smallest absolute Gasteiger partial charge is 0.120 e. The summed E-state index contributed by atoms with van der Waals surface area (Å²) < 4.78 is 5.15. The van der Waals surface area contributed by atoms with Gasteiger partial charge in [-0.15, -0.1) is 0 Å². The molecule has 4 heteroatoms. The standard InChI is InChI=1S/C14H21ClN2O/c1-18-13-3-2-11(14(15)10-13)4-7-17-8-5-12(16)6-9-17/h2-3,10,12H,4-9,16H2,1H3. The molecule has 0 radical (unpaired) electrons. The summed E-state index contributed by atoms with van der Waals surface area (Å²) in [5.74, 6) is 0.813. The Morgan fingerprint density at radius 3 is 2.72 bits per heavy atom. The van der Waals surface area contributed by atoms with E-state index in [2.05, 4.69) is 11.0 Å². The number of likely N-dealkylation sites (tertiary alicyclic amines) is 1. The number of hydrogen-bond donors (Lipinski definition) is 1. The number of hydrogen-bond acceptors (Lipinski definition) is 3. The van der Waals surface area contributed by atoms with Crippen LogP contribution >= 0.6 is 11.6 Å². The van der Waals surface area contributed by atoms with Crippen LogP contribution in [0, 0.1) is 0 Å².